The summed E-state index contributed by atoms with van der Waals surface area (Å²) in [5.74, 6) is 1.27. The van der Waals surface area contributed by atoms with Crippen molar-refractivity contribution in [2.45, 2.75) is 6.92 Å². The maximum Gasteiger partial charge on any atom is 0.252 e. The number of fused-ring (bicyclic) bond motifs is 1. The molecular formula is C21H23N3O3. The fourth-order valence-electron chi connectivity index (χ4n) is 2.74. The fourth-order valence-corrected chi connectivity index (χ4v) is 2.74. The second kappa shape index (κ2) is 9.00. The fraction of sp³-hybridized carbons (Fsp3) is 0.238. The van der Waals surface area contributed by atoms with E-state index in [1.165, 1.54) is 0 Å². The predicted molar refractivity (Wildman–Crippen MR) is 107 cm³/mol. The summed E-state index contributed by atoms with van der Waals surface area (Å²) >= 11 is 0. The second-order valence-electron chi connectivity index (χ2n) is 5.90. The van der Waals surface area contributed by atoms with Crippen LogP contribution in [0.15, 0.2) is 54.6 Å². The normalized spacial score (nSPS) is 10.6. The van der Waals surface area contributed by atoms with E-state index >= 15 is 0 Å². The van der Waals surface area contributed by atoms with Crippen molar-refractivity contribution < 1.29 is 14.3 Å². The van der Waals surface area contributed by atoms with Crippen molar-refractivity contribution in [2.75, 3.05) is 32.2 Å². The SMILES string of the molecule is CCOc1ccc(Nc2cc(C(=O)NCCOC)c3ccccc3n2)cc1. The minimum Gasteiger partial charge on any atom is -0.494 e. The van der Waals surface area contributed by atoms with Gasteiger partial charge in [0.15, 0.2) is 0 Å². The summed E-state index contributed by atoms with van der Waals surface area (Å²) in [5.41, 5.74) is 2.20. The Kier molecular flexibility index (Phi) is 6.22. The maximum atomic E-state index is 12.6. The van der Waals surface area contributed by atoms with Crippen molar-refractivity contribution in [1.29, 1.82) is 0 Å². The Morgan fingerprint density at radius 3 is 2.63 bits per heavy atom. The molecule has 1 heterocycles. The minimum atomic E-state index is -0.152. The minimum absolute atomic E-state index is 0.152. The molecule has 6 heteroatoms. The average Bonchev–Trinajstić information content (AvgIpc) is 2.69. The summed E-state index contributed by atoms with van der Waals surface area (Å²) in [6, 6.07) is 17.0. The molecule has 1 aromatic heterocycles. The molecule has 0 spiro atoms. The Balaban J connectivity index is 1.88. The van der Waals surface area contributed by atoms with Crippen LogP contribution < -0.4 is 15.4 Å². The van der Waals surface area contributed by atoms with Gasteiger partial charge in [-0.05, 0) is 43.3 Å². The molecule has 6 nitrogen and oxygen atoms in total. The van der Waals surface area contributed by atoms with Crippen LogP contribution in [0.25, 0.3) is 10.9 Å². The molecular weight excluding hydrogens is 342 g/mol. The zero-order chi connectivity index (χ0) is 19.1. The van der Waals surface area contributed by atoms with Gasteiger partial charge in [0.05, 0.1) is 24.3 Å². The van der Waals surface area contributed by atoms with Crippen LogP contribution in [0.2, 0.25) is 0 Å². The number of amides is 1. The van der Waals surface area contributed by atoms with Crippen LogP contribution >= 0.6 is 0 Å². The Labute approximate surface area is 158 Å². The summed E-state index contributed by atoms with van der Waals surface area (Å²) in [6.45, 7) is 3.49. The molecule has 3 rings (SSSR count). The second-order valence-corrected chi connectivity index (χ2v) is 5.90. The van der Waals surface area contributed by atoms with Gasteiger partial charge in [0, 0.05) is 24.7 Å². The van der Waals surface area contributed by atoms with Crippen LogP contribution in [0.4, 0.5) is 11.5 Å². The molecule has 0 aliphatic rings. The van der Waals surface area contributed by atoms with Gasteiger partial charge in [-0.3, -0.25) is 4.79 Å². The van der Waals surface area contributed by atoms with Crippen LogP contribution in [0, 0.1) is 0 Å². The molecule has 140 valence electrons. The van der Waals surface area contributed by atoms with Gasteiger partial charge in [-0.2, -0.15) is 0 Å². The summed E-state index contributed by atoms with van der Waals surface area (Å²) in [5, 5.41) is 6.94. The Morgan fingerprint density at radius 1 is 1.11 bits per heavy atom. The van der Waals surface area contributed by atoms with E-state index < -0.39 is 0 Å². The lowest BCUT2D eigenvalue weighted by atomic mass is 10.1. The van der Waals surface area contributed by atoms with E-state index in [-0.39, 0.29) is 5.91 Å². The van der Waals surface area contributed by atoms with Gasteiger partial charge in [0.2, 0.25) is 0 Å². The highest BCUT2D eigenvalue weighted by atomic mass is 16.5. The van der Waals surface area contributed by atoms with Crippen molar-refractivity contribution >= 4 is 28.3 Å². The van der Waals surface area contributed by atoms with Gasteiger partial charge in [0.1, 0.15) is 11.6 Å². The highest BCUT2D eigenvalue weighted by molar-refractivity contribution is 6.07. The van der Waals surface area contributed by atoms with Gasteiger partial charge < -0.3 is 20.1 Å². The highest BCUT2D eigenvalue weighted by Crippen LogP contribution is 2.24. The lowest BCUT2D eigenvalue weighted by molar-refractivity contribution is 0.0938. The summed E-state index contributed by atoms with van der Waals surface area (Å²) in [7, 11) is 1.60. The number of ether oxygens (including phenoxy) is 2. The predicted octanol–water partition coefficient (Wildman–Crippen LogP) is 3.75. The number of pyridine rings is 1. The third kappa shape index (κ3) is 4.74. The zero-order valence-electron chi connectivity index (χ0n) is 15.5. The first-order valence-electron chi connectivity index (χ1n) is 8.88. The number of para-hydroxylation sites is 1. The summed E-state index contributed by atoms with van der Waals surface area (Å²) in [4.78, 5) is 17.2. The third-order valence-corrected chi connectivity index (χ3v) is 3.99. The standard InChI is InChI=1S/C21H23N3O3/c1-3-27-16-10-8-15(9-11-16)23-20-14-18(21(25)22-12-13-26-2)17-6-4-5-7-19(17)24-20/h4-11,14H,3,12-13H2,1-2H3,(H,22,25)(H,23,24). The van der Waals surface area contributed by atoms with Gasteiger partial charge in [-0.1, -0.05) is 18.2 Å². The number of nitrogens with one attached hydrogen (secondary N) is 2. The van der Waals surface area contributed by atoms with Crippen molar-refractivity contribution in [2.24, 2.45) is 0 Å². The van der Waals surface area contributed by atoms with Crippen LogP contribution in [0.1, 0.15) is 17.3 Å². The molecule has 0 fully saturated rings. The topological polar surface area (TPSA) is 72.5 Å². The molecule has 0 unspecified atom stereocenters. The smallest absolute Gasteiger partial charge is 0.252 e. The first kappa shape index (κ1) is 18.7. The first-order chi connectivity index (χ1) is 13.2. The largest absolute Gasteiger partial charge is 0.494 e. The number of carbonyl (C=O) groups is 1. The van der Waals surface area contributed by atoms with Gasteiger partial charge in [-0.25, -0.2) is 4.98 Å². The number of carbonyl (C=O) groups excluding carboxylic acids is 1. The van der Waals surface area contributed by atoms with E-state index in [4.69, 9.17) is 9.47 Å². The number of nitrogens with zero attached hydrogens (tertiary/aromatic N) is 1. The lowest BCUT2D eigenvalue weighted by Gasteiger charge is -2.12. The maximum absolute atomic E-state index is 12.6. The van der Waals surface area contributed by atoms with E-state index in [0.717, 1.165) is 22.3 Å². The summed E-state index contributed by atoms with van der Waals surface area (Å²) < 4.78 is 10.5. The Bertz CT molecular complexity index is 910. The highest BCUT2D eigenvalue weighted by Gasteiger charge is 2.13. The Hall–Kier alpha value is -3.12. The Morgan fingerprint density at radius 2 is 1.89 bits per heavy atom. The van der Waals surface area contributed by atoms with Crippen molar-refractivity contribution in [3.8, 4) is 5.75 Å². The van der Waals surface area contributed by atoms with Crippen LogP contribution in [0.3, 0.4) is 0 Å². The number of methoxy groups -OCH3 is 1. The monoisotopic (exact) mass is 365 g/mol. The molecule has 0 saturated carbocycles. The van der Waals surface area contributed by atoms with E-state index in [0.29, 0.717) is 31.1 Å². The van der Waals surface area contributed by atoms with E-state index in [1.54, 1.807) is 13.2 Å². The molecule has 2 N–H and O–H groups in total. The van der Waals surface area contributed by atoms with Crippen LogP contribution in [0.5, 0.6) is 5.75 Å². The van der Waals surface area contributed by atoms with Crippen molar-refractivity contribution in [3.63, 3.8) is 0 Å². The van der Waals surface area contributed by atoms with E-state index in [2.05, 4.69) is 15.6 Å². The van der Waals surface area contributed by atoms with Gasteiger partial charge in [-0.15, -0.1) is 0 Å². The molecule has 0 radical (unpaired) electrons. The zero-order valence-corrected chi connectivity index (χ0v) is 15.5. The molecule has 2 aromatic carbocycles. The van der Waals surface area contributed by atoms with Crippen molar-refractivity contribution in [3.05, 3.63) is 60.2 Å². The molecule has 3 aromatic rings. The van der Waals surface area contributed by atoms with E-state index in [9.17, 15) is 4.79 Å². The number of benzene rings is 2. The lowest BCUT2D eigenvalue weighted by Crippen LogP contribution is -2.27. The molecule has 0 atom stereocenters. The quantitative estimate of drug-likeness (QED) is 0.595. The third-order valence-electron chi connectivity index (χ3n) is 3.99. The number of anilines is 2. The molecule has 0 aliphatic heterocycles. The molecule has 0 saturated heterocycles. The van der Waals surface area contributed by atoms with Gasteiger partial charge >= 0.3 is 0 Å². The molecule has 0 bridgehead atoms. The van der Waals surface area contributed by atoms with Crippen LogP contribution in [-0.2, 0) is 4.74 Å². The first-order valence-corrected chi connectivity index (χ1v) is 8.88. The van der Waals surface area contributed by atoms with E-state index in [1.807, 2.05) is 55.5 Å². The van der Waals surface area contributed by atoms with Gasteiger partial charge in [0.25, 0.3) is 5.91 Å². The van der Waals surface area contributed by atoms with Crippen LogP contribution in [-0.4, -0.2) is 37.8 Å². The number of hydrogen-bond acceptors (Lipinski definition) is 5. The summed E-state index contributed by atoms with van der Waals surface area (Å²) in [6.07, 6.45) is 0. The number of rotatable bonds is 8. The van der Waals surface area contributed by atoms with Crippen molar-refractivity contribution in [1.82, 2.24) is 10.3 Å². The molecule has 27 heavy (non-hydrogen) atoms. The average molecular weight is 365 g/mol. The molecule has 0 aliphatic carbocycles. The molecule has 1 amide bonds. The number of hydrogen-bond donors (Lipinski definition) is 2. The number of aromatic nitrogens is 1.